The number of rotatable bonds is 4. The molecule has 18 heavy (non-hydrogen) atoms. The lowest BCUT2D eigenvalue weighted by Gasteiger charge is -2.10. The van der Waals surface area contributed by atoms with Crippen molar-refractivity contribution < 1.29 is 4.39 Å². The zero-order valence-corrected chi connectivity index (χ0v) is 10.8. The lowest BCUT2D eigenvalue weighted by Crippen LogP contribution is -2.01. The highest BCUT2D eigenvalue weighted by atomic mass is 19.1. The van der Waals surface area contributed by atoms with E-state index < -0.39 is 0 Å². The summed E-state index contributed by atoms with van der Waals surface area (Å²) in [5, 5.41) is 3.23. The molecule has 0 amide bonds. The van der Waals surface area contributed by atoms with Gasteiger partial charge in [0, 0.05) is 12.2 Å². The van der Waals surface area contributed by atoms with Gasteiger partial charge in [-0.15, -0.1) is 0 Å². The summed E-state index contributed by atoms with van der Waals surface area (Å²) in [6, 6.07) is 15.4. The number of nitrogens with one attached hydrogen (secondary N) is 1. The van der Waals surface area contributed by atoms with E-state index in [1.807, 2.05) is 56.3 Å². The van der Waals surface area contributed by atoms with Crippen molar-refractivity contribution in [2.45, 2.75) is 26.3 Å². The maximum absolute atomic E-state index is 13.8. The highest BCUT2D eigenvalue weighted by Gasteiger charge is 2.06. The van der Waals surface area contributed by atoms with Gasteiger partial charge in [-0.2, -0.15) is 0 Å². The Kier molecular flexibility index (Phi) is 3.98. The SMILES string of the molecule is CC(C)c1ccc(NCc2ccccc2)cc1F. The van der Waals surface area contributed by atoms with Crippen LogP contribution in [0.5, 0.6) is 0 Å². The molecule has 0 fully saturated rings. The van der Waals surface area contributed by atoms with Gasteiger partial charge in [0.1, 0.15) is 5.82 Å². The van der Waals surface area contributed by atoms with Crippen LogP contribution in [0, 0.1) is 5.82 Å². The largest absolute Gasteiger partial charge is 0.381 e. The van der Waals surface area contributed by atoms with Crippen molar-refractivity contribution in [3.05, 3.63) is 65.5 Å². The summed E-state index contributed by atoms with van der Waals surface area (Å²) >= 11 is 0. The topological polar surface area (TPSA) is 12.0 Å². The number of benzene rings is 2. The molecule has 1 nitrogen and oxygen atoms in total. The van der Waals surface area contributed by atoms with Gasteiger partial charge in [-0.3, -0.25) is 0 Å². The van der Waals surface area contributed by atoms with Crippen LogP contribution in [0.25, 0.3) is 0 Å². The van der Waals surface area contributed by atoms with E-state index in [1.165, 1.54) is 5.56 Å². The zero-order chi connectivity index (χ0) is 13.0. The van der Waals surface area contributed by atoms with E-state index in [0.717, 1.165) is 11.3 Å². The Morgan fingerprint density at radius 3 is 2.39 bits per heavy atom. The van der Waals surface area contributed by atoms with Crippen LogP contribution in [0.4, 0.5) is 10.1 Å². The normalized spacial score (nSPS) is 10.7. The smallest absolute Gasteiger partial charge is 0.128 e. The maximum atomic E-state index is 13.8. The number of hydrogen-bond donors (Lipinski definition) is 1. The first-order valence-corrected chi connectivity index (χ1v) is 6.24. The molecule has 0 bridgehead atoms. The fraction of sp³-hybridized carbons (Fsp3) is 0.250. The van der Waals surface area contributed by atoms with E-state index in [-0.39, 0.29) is 11.7 Å². The van der Waals surface area contributed by atoms with Gasteiger partial charge in [-0.1, -0.05) is 50.2 Å². The van der Waals surface area contributed by atoms with E-state index in [0.29, 0.717) is 6.54 Å². The molecule has 94 valence electrons. The van der Waals surface area contributed by atoms with E-state index in [4.69, 9.17) is 0 Å². The minimum absolute atomic E-state index is 0.136. The molecule has 0 aliphatic carbocycles. The molecule has 0 saturated carbocycles. The van der Waals surface area contributed by atoms with Gasteiger partial charge in [0.25, 0.3) is 0 Å². The average Bonchev–Trinajstić information content (AvgIpc) is 2.37. The summed E-state index contributed by atoms with van der Waals surface area (Å²) < 4.78 is 13.8. The quantitative estimate of drug-likeness (QED) is 0.830. The van der Waals surface area contributed by atoms with Crippen molar-refractivity contribution in [3.8, 4) is 0 Å². The van der Waals surface area contributed by atoms with E-state index >= 15 is 0 Å². The molecule has 2 heteroatoms. The summed E-state index contributed by atoms with van der Waals surface area (Å²) in [4.78, 5) is 0. The van der Waals surface area contributed by atoms with Crippen LogP contribution in [0.15, 0.2) is 48.5 Å². The van der Waals surface area contributed by atoms with Crippen LogP contribution in [-0.4, -0.2) is 0 Å². The third-order valence-electron chi connectivity index (χ3n) is 2.96. The monoisotopic (exact) mass is 243 g/mol. The Hall–Kier alpha value is -1.83. The molecule has 0 radical (unpaired) electrons. The zero-order valence-electron chi connectivity index (χ0n) is 10.8. The Labute approximate surface area is 108 Å². The number of halogens is 1. The second-order valence-electron chi connectivity index (χ2n) is 4.73. The van der Waals surface area contributed by atoms with E-state index in [9.17, 15) is 4.39 Å². The molecule has 2 aromatic rings. The van der Waals surface area contributed by atoms with Gasteiger partial charge >= 0.3 is 0 Å². The molecule has 2 aromatic carbocycles. The van der Waals surface area contributed by atoms with E-state index in [1.54, 1.807) is 6.07 Å². The molecule has 1 N–H and O–H groups in total. The molecule has 0 aliphatic heterocycles. The minimum Gasteiger partial charge on any atom is -0.381 e. The molecule has 0 saturated heterocycles. The Morgan fingerprint density at radius 2 is 1.78 bits per heavy atom. The van der Waals surface area contributed by atoms with E-state index in [2.05, 4.69) is 5.32 Å². The fourth-order valence-corrected chi connectivity index (χ4v) is 1.91. The Bertz CT molecular complexity index is 506. The molecular formula is C16H18FN. The molecule has 0 aromatic heterocycles. The molecule has 0 spiro atoms. The van der Waals surface area contributed by atoms with Crippen molar-refractivity contribution in [1.29, 1.82) is 0 Å². The minimum atomic E-state index is -0.136. The molecule has 2 rings (SSSR count). The van der Waals surface area contributed by atoms with Gasteiger partial charge < -0.3 is 5.32 Å². The summed E-state index contributed by atoms with van der Waals surface area (Å²) in [5.74, 6) is 0.0798. The van der Waals surface area contributed by atoms with Gasteiger partial charge in [-0.25, -0.2) is 4.39 Å². The molecular weight excluding hydrogens is 225 g/mol. The lowest BCUT2D eigenvalue weighted by atomic mass is 10.0. The fourth-order valence-electron chi connectivity index (χ4n) is 1.91. The lowest BCUT2D eigenvalue weighted by molar-refractivity contribution is 0.599. The van der Waals surface area contributed by atoms with Crippen molar-refractivity contribution in [1.82, 2.24) is 0 Å². The highest BCUT2D eigenvalue weighted by Crippen LogP contribution is 2.21. The van der Waals surface area contributed by atoms with Crippen molar-refractivity contribution in [2.24, 2.45) is 0 Å². The van der Waals surface area contributed by atoms with Crippen LogP contribution >= 0.6 is 0 Å². The number of hydrogen-bond acceptors (Lipinski definition) is 1. The maximum Gasteiger partial charge on any atom is 0.128 e. The van der Waals surface area contributed by atoms with Crippen LogP contribution in [0.2, 0.25) is 0 Å². The van der Waals surface area contributed by atoms with Gasteiger partial charge in [0.05, 0.1) is 0 Å². The molecule has 0 unspecified atom stereocenters. The van der Waals surface area contributed by atoms with Crippen LogP contribution in [0.3, 0.4) is 0 Å². The van der Waals surface area contributed by atoms with Crippen molar-refractivity contribution >= 4 is 5.69 Å². The van der Waals surface area contributed by atoms with Gasteiger partial charge in [-0.05, 0) is 29.2 Å². The van der Waals surface area contributed by atoms with Gasteiger partial charge in [0.2, 0.25) is 0 Å². The molecule has 0 atom stereocenters. The predicted molar refractivity (Wildman–Crippen MR) is 74.3 cm³/mol. The first-order valence-electron chi connectivity index (χ1n) is 6.24. The predicted octanol–water partition coefficient (Wildman–Crippen LogP) is 4.56. The summed E-state index contributed by atoms with van der Waals surface area (Å²) in [6.07, 6.45) is 0. The summed E-state index contributed by atoms with van der Waals surface area (Å²) in [7, 11) is 0. The van der Waals surface area contributed by atoms with Crippen LogP contribution in [0.1, 0.15) is 30.9 Å². The number of anilines is 1. The first-order chi connectivity index (χ1) is 8.66. The Morgan fingerprint density at radius 1 is 1.06 bits per heavy atom. The first kappa shape index (κ1) is 12.6. The molecule has 0 aliphatic rings. The highest BCUT2D eigenvalue weighted by molar-refractivity contribution is 5.46. The van der Waals surface area contributed by atoms with Crippen LogP contribution in [-0.2, 0) is 6.54 Å². The third-order valence-corrected chi connectivity index (χ3v) is 2.96. The summed E-state index contributed by atoms with van der Waals surface area (Å²) in [5.41, 5.74) is 2.77. The molecule has 0 heterocycles. The standard InChI is InChI=1S/C16H18FN/c1-12(2)15-9-8-14(10-16(15)17)18-11-13-6-4-3-5-7-13/h3-10,12,18H,11H2,1-2H3. The van der Waals surface area contributed by atoms with Gasteiger partial charge in [0.15, 0.2) is 0 Å². The Balaban J connectivity index is 2.05. The second kappa shape index (κ2) is 5.67. The van der Waals surface area contributed by atoms with Crippen molar-refractivity contribution in [2.75, 3.05) is 5.32 Å². The van der Waals surface area contributed by atoms with Crippen LogP contribution < -0.4 is 5.32 Å². The third kappa shape index (κ3) is 3.10. The van der Waals surface area contributed by atoms with Crippen molar-refractivity contribution in [3.63, 3.8) is 0 Å². The second-order valence-corrected chi connectivity index (χ2v) is 4.73. The average molecular weight is 243 g/mol. The summed E-state index contributed by atoms with van der Waals surface area (Å²) in [6.45, 7) is 4.70.